The fourth-order valence-corrected chi connectivity index (χ4v) is 3.25. The topological polar surface area (TPSA) is 69.6 Å². The van der Waals surface area contributed by atoms with Crippen molar-refractivity contribution in [1.82, 2.24) is 5.32 Å². The number of phenolic OH excluding ortho intramolecular Hbond substituents is 2. The molecule has 0 spiro atoms. The van der Waals surface area contributed by atoms with E-state index in [9.17, 15) is 15.0 Å². The van der Waals surface area contributed by atoms with Crippen LogP contribution in [0.5, 0.6) is 11.5 Å². The van der Waals surface area contributed by atoms with Gasteiger partial charge in [0.05, 0.1) is 0 Å². The first kappa shape index (κ1) is 14.1. The third kappa shape index (κ3) is 3.56. The number of phenols is 2. The zero-order valence-electron chi connectivity index (χ0n) is 10.9. The highest BCUT2D eigenvalue weighted by Crippen LogP contribution is 2.28. The lowest BCUT2D eigenvalue weighted by Gasteiger charge is -2.28. The number of carbonyl (C=O) groups excluding carboxylic acids is 1. The maximum atomic E-state index is 12.1. The van der Waals surface area contributed by atoms with Crippen molar-refractivity contribution in [2.75, 3.05) is 6.26 Å². The average molecular weight is 281 g/mol. The van der Waals surface area contributed by atoms with E-state index in [1.54, 1.807) is 0 Å². The quantitative estimate of drug-likeness (QED) is 0.745. The Labute approximate surface area is 117 Å². The monoisotopic (exact) mass is 281 g/mol. The van der Waals surface area contributed by atoms with Crippen LogP contribution >= 0.6 is 11.8 Å². The number of thioether (sulfide) groups is 1. The number of amides is 1. The Morgan fingerprint density at radius 1 is 1.32 bits per heavy atom. The van der Waals surface area contributed by atoms with Gasteiger partial charge in [0.25, 0.3) is 5.91 Å². The summed E-state index contributed by atoms with van der Waals surface area (Å²) in [5.41, 5.74) is 0.376. The molecule has 0 saturated heterocycles. The van der Waals surface area contributed by atoms with Gasteiger partial charge in [-0.1, -0.05) is 6.42 Å². The first-order valence-corrected chi connectivity index (χ1v) is 7.74. The molecule has 2 unspecified atom stereocenters. The SMILES string of the molecule is CSC1CCCC(NC(=O)c2ccc(O)c(O)c2)C1. The van der Waals surface area contributed by atoms with E-state index in [0.29, 0.717) is 10.8 Å². The minimum absolute atomic E-state index is 0.193. The zero-order valence-corrected chi connectivity index (χ0v) is 11.7. The lowest BCUT2D eigenvalue weighted by atomic mass is 9.94. The Morgan fingerprint density at radius 2 is 2.11 bits per heavy atom. The summed E-state index contributed by atoms with van der Waals surface area (Å²) < 4.78 is 0. The van der Waals surface area contributed by atoms with Crippen molar-refractivity contribution >= 4 is 17.7 Å². The third-order valence-corrected chi connectivity index (χ3v) is 4.63. The van der Waals surface area contributed by atoms with Crippen LogP contribution in [-0.2, 0) is 0 Å². The van der Waals surface area contributed by atoms with Crippen molar-refractivity contribution in [3.63, 3.8) is 0 Å². The molecule has 1 aromatic rings. The number of carbonyl (C=O) groups is 1. The van der Waals surface area contributed by atoms with E-state index in [4.69, 9.17) is 0 Å². The van der Waals surface area contributed by atoms with Crippen molar-refractivity contribution in [1.29, 1.82) is 0 Å². The van der Waals surface area contributed by atoms with Gasteiger partial charge in [-0.15, -0.1) is 0 Å². The predicted molar refractivity (Wildman–Crippen MR) is 76.8 cm³/mol. The Bertz CT molecular complexity index is 464. The molecule has 104 valence electrons. The Kier molecular flexibility index (Phi) is 4.58. The van der Waals surface area contributed by atoms with E-state index in [1.165, 1.54) is 24.6 Å². The minimum atomic E-state index is -0.265. The molecule has 1 amide bonds. The highest BCUT2D eigenvalue weighted by molar-refractivity contribution is 7.99. The highest BCUT2D eigenvalue weighted by atomic mass is 32.2. The van der Waals surface area contributed by atoms with Crippen molar-refractivity contribution in [2.45, 2.75) is 37.0 Å². The van der Waals surface area contributed by atoms with E-state index in [1.807, 2.05) is 11.8 Å². The molecule has 19 heavy (non-hydrogen) atoms. The summed E-state index contributed by atoms with van der Waals surface area (Å²) >= 11 is 1.85. The smallest absolute Gasteiger partial charge is 0.251 e. The van der Waals surface area contributed by atoms with Crippen LogP contribution in [0.4, 0.5) is 0 Å². The number of rotatable bonds is 3. The van der Waals surface area contributed by atoms with Crippen molar-refractivity contribution < 1.29 is 15.0 Å². The molecule has 1 aromatic carbocycles. The van der Waals surface area contributed by atoms with Crippen molar-refractivity contribution in [3.05, 3.63) is 23.8 Å². The Hall–Kier alpha value is -1.36. The molecule has 1 aliphatic carbocycles. The van der Waals surface area contributed by atoms with Crippen LogP contribution in [-0.4, -0.2) is 33.7 Å². The maximum Gasteiger partial charge on any atom is 0.251 e. The molecule has 4 nitrogen and oxygen atoms in total. The standard InChI is InChI=1S/C14H19NO3S/c1-19-11-4-2-3-10(8-11)15-14(18)9-5-6-12(16)13(17)7-9/h5-7,10-11,16-17H,2-4,8H2,1H3,(H,15,18). The number of hydrogen-bond donors (Lipinski definition) is 3. The van der Waals surface area contributed by atoms with Crippen molar-refractivity contribution in [2.24, 2.45) is 0 Å². The minimum Gasteiger partial charge on any atom is -0.504 e. The van der Waals surface area contributed by atoms with Gasteiger partial charge in [0.1, 0.15) is 0 Å². The van der Waals surface area contributed by atoms with Gasteiger partial charge in [-0.2, -0.15) is 11.8 Å². The molecule has 0 heterocycles. The van der Waals surface area contributed by atoms with Gasteiger partial charge in [-0.05, 0) is 43.7 Å². The lowest BCUT2D eigenvalue weighted by Crippen LogP contribution is -2.39. The maximum absolute atomic E-state index is 12.1. The molecule has 0 aliphatic heterocycles. The molecular weight excluding hydrogens is 262 g/mol. The first-order valence-electron chi connectivity index (χ1n) is 6.45. The van der Waals surface area contributed by atoms with E-state index in [2.05, 4.69) is 11.6 Å². The summed E-state index contributed by atoms with van der Waals surface area (Å²) in [4.78, 5) is 12.1. The second-order valence-electron chi connectivity index (χ2n) is 4.90. The molecule has 2 atom stereocenters. The summed E-state index contributed by atoms with van der Waals surface area (Å²) in [6.07, 6.45) is 6.46. The summed E-state index contributed by atoms with van der Waals surface area (Å²) in [5.74, 6) is -0.669. The van der Waals surface area contributed by atoms with Gasteiger partial charge in [0, 0.05) is 16.9 Å². The van der Waals surface area contributed by atoms with Crippen LogP contribution in [0.15, 0.2) is 18.2 Å². The Balaban J connectivity index is 1.98. The summed E-state index contributed by atoms with van der Waals surface area (Å²) in [5, 5.41) is 22.2. The van der Waals surface area contributed by atoms with Crippen LogP contribution < -0.4 is 5.32 Å². The number of hydrogen-bond acceptors (Lipinski definition) is 4. The van der Waals surface area contributed by atoms with Crippen LogP contribution in [0, 0.1) is 0 Å². The molecule has 0 aromatic heterocycles. The van der Waals surface area contributed by atoms with Crippen LogP contribution in [0.25, 0.3) is 0 Å². The van der Waals surface area contributed by atoms with E-state index in [0.717, 1.165) is 19.3 Å². The van der Waals surface area contributed by atoms with E-state index < -0.39 is 0 Å². The summed E-state index contributed by atoms with van der Waals surface area (Å²) in [6, 6.07) is 4.34. The second kappa shape index (κ2) is 6.19. The molecule has 1 aliphatic rings. The van der Waals surface area contributed by atoms with Gasteiger partial charge in [0.15, 0.2) is 11.5 Å². The van der Waals surface area contributed by atoms with E-state index >= 15 is 0 Å². The molecular formula is C14H19NO3S. The van der Waals surface area contributed by atoms with Gasteiger partial charge in [0.2, 0.25) is 0 Å². The molecule has 3 N–H and O–H groups in total. The zero-order chi connectivity index (χ0) is 13.8. The van der Waals surface area contributed by atoms with Gasteiger partial charge in [-0.3, -0.25) is 4.79 Å². The summed E-state index contributed by atoms with van der Waals surface area (Å²) in [6.45, 7) is 0. The molecule has 1 saturated carbocycles. The van der Waals surface area contributed by atoms with Crippen LogP contribution in [0.3, 0.4) is 0 Å². The fourth-order valence-electron chi connectivity index (χ4n) is 2.42. The molecule has 0 bridgehead atoms. The van der Waals surface area contributed by atoms with Crippen LogP contribution in [0.2, 0.25) is 0 Å². The van der Waals surface area contributed by atoms with Gasteiger partial charge in [-0.25, -0.2) is 0 Å². The fraction of sp³-hybridized carbons (Fsp3) is 0.500. The van der Waals surface area contributed by atoms with E-state index in [-0.39, 0.29) is 23.4 Å². The third-order valence-electron chi connectivity index (χ3n) is 3.53. The van der Waals surface area contributed by atoms with Crippen molar-refractivity contribution in [3.8, 4) is 11.5 Å². The van der Waals surface area contributed by atoms with Crippen LogP contribution in [0.1, 0.15) is 36.0 Å². The highest BCUT2D eigenvalue weighted by Gasteiger charge is 2.23. The Morgan fingerprint density at radius 3 is 2.79 bits per heavy atom. The predicted octanol–water partition coefficient (Wildman–Crippen LogP) is 2.50. The number of aromatic hydroxyl groups is 2. The summed E-state index contributed by atoms with van der Waals surface area (Å²) in [7, 11) is 0. The molecule has 0 radical (unpaired) electrons. The van der Waals surface area contributed by atoms with Gasteiger partial charge < -0.3 is 15.5 Å². The average Bonchev–Trinajstić information content (AvgIpc) is 2.42. The second-order valence-corrected chi connectivity index (χ2v) is 6.04. The molecule has 5 heteroatoms. The normalized spacial score (nSPS) is 23.0. The van der Waals surface area contributed by atoms with Gasteiger partial charge >= 0.3 is 0 Å². The first-order chi connectivity index (χ1) is 9.10. The molecule has 1 fully saturated rings. The number of nitrogens with one attached hydrogen (secondary N) is 1. The lowest BCUT2D eigenvalue weighted by molar-refractivity contribution is 0.0928. The number of benzene rings is 1. The molecule has 2 rings (SSSR count). The largest absolute Gasteiger partial charge is 0.504 e.